The van der Waals surface area contributed by atoms with E-state index >= 15 is 0 Å². The molecule has 4 nitrogen and oxygen atoms in total. The fourth-order valence-corrected chi connectivity index (χ4v) is 2.12. The van der Waals surface area contributed by atoms with Crippen molar-refractivity contribution in [3.8, 4) is 0 Å². The summed E-state index contributed by atoms with van der Waals surface area (Å²) in [7, 11) is 0. The van der Waals surface area contributed by atoms with Crippen molar-refractivity contribution in [2.75, 3.05) is 18.1 Å². The zero-order valence-electron chi connectivity index (χ0n) is 9.80. The number of halogens is 1. The lowest BCUT2D eigenvalue weighted by atomic mass is 10.2. The lowest BCUT2D eigenvalue weighted by molar-refractivity contribution is -0.138. The number of carboxylic acids is 1. The monoisotopic (exact) mass is 273 g/mol. The van der Waals surface area contributed by atoms with E-state index in [0.717, 1.165) is 5.56 Å². The van der Waals surface area contributed by atoms with Gasteiger partial charge in [0.25, 0.3) is 0 Å². The molecule has 0 aromatic heterocycles. The lowest BCUT2D eigenvalue weighted by Crippen LogP contribution is -2.38. The van der Waals surface area contributed by atoms with Gasteiger partial charge in [0, 0.05) is 18.1 Å². The number of benzene rings is 1. The quantitative estimate of drug-likeness (QED) is 0.619. The summed E-state index contributed by atoms with van der Waals surface area (Å²) in [5, 5.41) is 20.5. The van der Waals surface area contributed by atoms with Crippen LogP contribution >= 0.6 is 11.8 Å². The van der Waals surface area contributed by atoms with Gasteiger partial charge in [0.1, 0.15) is 11.9 Å². The third-order valence-corrected chi connectivity index (χ3v) is 3.32. The van der Waals surface area contributed by atoms with Gasteiger partial charge < -0.3 is 10.2 Å². The molecule has 0 aliphatic rings. The van der Waals surface area contributed by atoms with Gasteiger partial charge in [0.2, 0.25) is 0 Å². The van der Waals surface area contributed by atoms with Gasteiger partial charge in [0.05, 0.1) is 6.61 Å². The van der Waals surface area contributed by atoms with Crippen LogP contribution in [-0.4, -0.2) is 40.3 Å². The van der Waals surface area contributed by atoms with Crippen molar-refractivity contribution in [3.63, 3.8) is 0 Å². The average Bonchev–Trinajstić information content (AvgIpc) is 2.35. The molecule has 0 radical (unpaired) electrons. The molecule has 18 heavy (non-hydrogen) atoms. The third-order valence-electron chi connectivity index (χ3n) is 2.28. The van der Waals surface area contributed by atoms with Gasteiger partial charge in [-0.25, -0.2) is 4.39 Å². The lowest BCUT2D eigenvalue weighted by Gasteiger charge is -2.13. The van der Waals surface area contributed by atoms with Crippen LogP contribution in [-0.2, 0) is 11.3 Å². The van der Waals surface area contributed by atoms with Crippen LogP contribution in [0.5, 0.6) is 0 Å². The number of aliphatic carboxylic acids is 1. The Labute approximate surface area is 109 Å². The summed E-state index contributed by atoms with van der Waals surface area (Å²) >= 11 is 1.37. The SMILES string of the molecule is O=C(O)[C@H](CSCCO)NCc1ccc(F)cc1. The number of rotatable bonds is 8. The maximum Gasteiger partial charge on any atom is 0.321 e. The molecule has 0 aliphatic carbocycles. The molecular formula is C12H16FNO3S. The number of aliphatic hydroxyl groups is 1. The molecule has 1 aromatic carbocycles. The minimum Gasteiger partial charge on any atom is -0.480 e. The number of carboxylic acid groups (broad SMARTS) is 1. The second-order valence-electron chi connectivity index (χ2n) is 3.70. The minimum absolute atomic E-state index is 0.0367. The maximum atomic E-state index is 12.7. The van der Waals surface area contributed by atoms with E-state index in [1.165, 1.54) is 23.9 Å². The molecule has 0 spiro atoms. The highest BCUT2D eigenvalue weighted by atomic mass is 32.2. The van der Waals surface area contributed by atoms with E-state index < -0.39 is 12.0 Å². The van der Waals surface area contributed by atoms with Crippen molar-refractivity contribution < 1.29 is 19.4 Å². The molecule has 0 bridgehead atoms. The van der Waals surface area contributed by atoms with E-state index in [1.54, 1.807) is 12.1 Å². The number of thioether (sulfide) groups is 1. The Balaban J connectivity index is 2.41. The fraction of sp³-hybridized carbons (Fsp3) is 0.417. The smallest absolute Gasteiger partial charge is 0.321 e. The Morgan fingerprint density at radius 1 is 1.39 bits per heavy atom. The third kappa shape index (κ3) is 5.48. The van der Waals surface area contributed by atoms with Crippen molar-refractivity contribution in [3.05, 3.63) is 35.6 Å². The summed E-state index contributed by atoms with van der Waals surface area (Å²) in [4.78, 5) is 11.0. The van der Waals surface area contributed by atoms with Crippen LogP contribution in [0.1, 0.15) is 5.56 Å². The summed E-state index contributed by atoms with van der Waals surface area (Å²) in [6.07, 6.45) is 0. The second kappa shape index (κ2) is 8.07. The fourth-order valence-electron chi connectivity index (χ4n) is 1.33. The Morgan fingerprint density at radius 2 is 2.06 bits per heavy atom. The van der Waals surface area contributed by atoms with E-state index in [4.69, 9.17) is 10.2 Å². The van der Waals surface area contributed by atoms with Gasteiger partial charge in [-0.1, -0.05) is 12.1 Å². The van der Waals surface area contributed by atoms with Crippen molar-refractivity contribution in [1.29, 1.82) is 0 Å². The summed E-state index contributed by atoms with van der Waals surface area (Å²) in [5.74, 6) is -0.339. The van der Waals surface area contributed by atoms with Gasteiger partial charge in [-0.3, -0.25) is 10.1 Å². The maximum absolute atomic E-state index is 12.7. The zero-order chi connectivity index (χ0) is 13.4. The van der Waals surface area contributed by atoms with Crippen molar-refractivity contribution in [2.45, 2.75) is 12.6 Å². The molecule has 0 saturated heterocycles. The van der Waals surface area contributed by atoms with Gasteiger partial charge in [0.15, 0.2) is 0 Å². The minimum atomic E-state index is -0.928. The molecule has 100 valence electrons. The highest BCUT2D eigenvalue weighted by Gasteiger charge is 2.16. The standard InChI is InChI=1S/C12H16FNO3S/c13-10-3-1-9(2-4-10)7-14-11(12(16)17)8-18-6-5-15/h1-4,11,14-15H,5-8H2,(H,16,17)/t11-/m0/s1. The molecule has 0 amide bonds. The van der Waals surface area contributed by atoms with Gasteiger partial charge in [-0.05, 0) is 17.7 Å². The number of hydrogen-bond donors (Lipinski definition) is 3. The average molecular weight is 273 g/mol. The summed E-state index contributed by atoms with van der Waals surface area (Å²) < 4.78 is 12.7. The second-order valence-corrected chi connectivity index (χ2v) is 4.85. The number of carbonyl (C=O) groups is 1. The topological polar surface area (TPSA) is 69.6 Å². The molecular weight excluding hydrogens is 257 g/mol. The first-order valence-electron chi connectivity index (χ1n) is 5.52. The molecule has 1 aromatic rings. The first kappa shape index (κ1) is 14.9. The van der Waals surface area contributed by atoms with Gasteiger partial charge in [-0.15, -0.1) is 0 Å². The Morgan fingerprint density at radius 3 is 2.61 bits per heavy atom. The highest BCUT2D eigenvalue weighted by Crippen LogP contribution is 2.06. The number of hydrogen-bond acceptors (Lipinski definition) is 4. The van der Waals surface area contributed by atoms with Gasteiger partial charge >= 0.3 is 5.97 Å². The molecule has 1 atom stereocenters. The predicted molar refractivity (Wildman–Crippen MR) is 69.1 cm³/mol. The first-order valence-corrected chi connectivity index (χ1v) is 6.68. The molecule has 0 aliphatic heterocycles. The Bertz CT molecular complexity index is 372. The van der Waals surface area contributed by atoms with Crippen LogP contribution in [0.4, 0.5) is 4.39 Å². The Kier molecular flexibility index (Phi) is 6.70. The summed E-state index contributed by atoms with van der Waals surface area (Å²) in [6, 6.07) is 5.23. The van der Waals surface area contributed by atoms with Crippen LogP contribution in [0.2, 0.25) is 0 Å². The molecule has 0 heterocycles. The summed E-state index contributed by atoms with van der Waals surface area (Å²) in [5.41, 5.74) is 0.829. The van der Waals surface area contributed by atoms with Crippen molar-refractivity contribution >= 4 is 17.7 Å². The summed E-state index contributed by atoms with van der Waals surface area (Å²) in [6.45, 7) is 0.409. The predicted octanol–water partition coefficient (Wildman–Crippen LogP) is 1.09. The molecule has 0 saturated carbocycles. The van der Waals surface area contributed by atoms with E-state index in [-0.39, 0.29) is 12.4 Å². The van der Waals surface area contributed by atoms with E-state index in [0.29, 0.717) is 18.1 Å². The van der Waals surface area contributed by atoms with Crippen LogP contribution in [0, 0.1) is 5.82 Å². The van der Waals surface area contributed by atoms with Crippen molar-refractivity contribution in [1.82, 2.24) is 5.32 Å². The van der Waals surface area contributed by atoms with Crippen LogP contribution in [0.15, 0.2) is 24.3 Å². The first-order chi connectivity index (χ1) is 8.63. The van der Waals surface area contributed by atoms with E-state index in [2.05, 4.69) is 5.32 Å². The van der Waals surface area contributed by atoms with Crippen LogP contribution in [0.3, 0.4) is 0 Å². The van der Waals surface area contributed by atoms with Crippen LogP contribution in [0.25, 0.3) is 0 Å². The van der Waals surface area contributed by atoms with Crippen molar-refractivity contribution in [2.24, 2.45) is 0 Å². The molecule has 0 unspecified atom stereocenters. The Hall–Kier alpha value is -1.11. The van der Waals surface area contributed by atoms with E-state index in [9.17, 15) is 9.18 Å². The normalized spacial score (nSPS) is 12.3. The molecule has 3 N–H and O–H groups in total. The van der Waals surface area contributed by atoms with Crippen LogP contribution < -0.4 is 5.32 Å². The molecule has 6 heteroatoms. The zero-order valence-corrected chi connectivity index (χ0v) is 10.6. The van der Waals surface area contributed by atoms with Gasteiger partial charge in [-0.2, -0.15) is 11.8 Å². The largest absolute Gasteiger partial charge is 0.480 e. The molecule has 0 fully saturated rings. The number of nitrogens with one attached hydrogen (secondary N) is 1. The number of aliphatic hydroxyl groups excluding tert-OH is 1. The highest BCUT2D eigenvalue weighted by molar-refractivity contribution is 7.99. The van der Waals surface area contributed by atoms with E-state index in [1.807, 2.05) is 0 Å². The molecule has 1 rings (SSSR count).